The average molecular weight is 203 g/mol. The summed E-state index contributed by atoms with van der Waals surface area (Å²) in [6.07, 6.45) is 8.47. The van der Waals surface area contributed by atoms with E-state index in [2.05, 4.69) is 11.1 Å². The van der Waals surface area contributed by atoms with Gasteiger partial charge in [0, 0.05) is 6.20 Å². The summed E-state index contributed by atoms with van der Waals surface area (Å²) in [6.45, 7) is 0. The van der Waals surface area contributed by atoms with Gasteiger partial charge < -0.3 is 5.73 Å². The van der Waals surface area contributed by atoms with Gasteiger partial charge in [0.25, 0.3) is 0 Å². The van der Waals surface area contributed by atoms with Gasteiger partial charge in [-0.1, -0.05) is 25.3 Å². The normalized spacial score (nSPS) is 17.6. The molecule has 15 heavy (non-hydrogen) atoms. The Bertz CT molecular complexity index is 336. The van der Waals surface area contributed by atoms with Crippen LogP contribution >= 0.6 is 0 Å². The summed E-state index contributed by atoms with van der Waals surface area (Å²) in [7, 11) is 0. The van der Waals surface area contributed by atoms with Gasteiger partial charge in [0.2, 0.25) is 0 Å². The van der Waals surface area contributed by atoms with E-state index in [1.165, 1.54) is 37.7 Å². The molecule has 0 saturated heterocycles. The molecule has 0 spiro atoms. The summed E-state index contributed by atoms with van der Waals surface area (Å²) in [4.78, 5) is 4.20. The van der Waals surface area contributed by atoms with Crippen LogP contribution in [0.4, 0.5) is 0 Å². The Labute approximate surface area is 90.2 Å². The predicted octanol–water partition coefficient (Wildman–Crippen LogP) is 2.41. The lowest BCUT2D eigenvalue weighted by Gasteiger charge is -2.21. The summed E-state index contributed by atoms with van der Waals surface area (Å²) >= 11 is 0. The highest BCUT2D eigenvalue weighted by Crippen LogP contribution is 2.31. The Morgan fingerprint density at radius 2 is 2.00 bits per heavy atom. The maximum absolute atomic E-state index is 7.27. The number of hydrogen-bond acceptors (Lipinski definition) is 2. The predicted molar refractivity (Wildman–Crippen MR) is 61.1 cm³/mol. The molecule has 0 aliphatic heterocycles. The van der Waals surface area contributed by atoms with Gasteiger partial charge in [-0.05, 0) is 30.4 Å². The summed E-state index contributed by atoms with van der Waals surface area (Å²) < 4.78 is 0. The van der Waals surface area contributed by atoms with Crippen molar-refractivity contribution in [1.29, 1.82) is 5.41 Å². The molecular weight excluding hydrogens is 186 g/mol. The highest BCUT2D eigenvalue weighted by molar-refractivity contribution is 5.92. The molecule has 1 saturated carbocycles. The molecule has 3 nitrogen and oxygen atoms in total. The van der Waals surface area contributed by atoms with Crippen molar-refractivity contribution < 1.29 is 0 Å². The molecule has 1 fully saturated rings. The largest absolute Gasteiger partial charge is 0.382 e. The van der Waals surface area contributed by atoms with Crippen LogP contribution in [0.3, 0.4) is 0 Å². The number of nitrogens with two attached hydrogens (primary N) is 1. The van der Waals surface area contributed by atoms with Gasteiger partial charge >= 0.3 is 0 Å². The SMILES string of the molecule is N=C(N)c1ccc(C2CCCCC2)cn1. The molecule has 1 aromatic rings. The van der Waals surface area contributed by atoms with E-state index in [1.54, 1.807) is 0 Å². The molecule has 1 aliphatic carbocycles. The standard InChI is InChI=1S/C12H17N3/c13-12(14)11-7-6-10(8-15-11)9-4-2-1-3-5-9/h6-9H,1-5H2,(H3,13,14). The molecule has 1 aromatic heterocycles. The van der Waals surface area contributed by atoms with Crippen LogP contribution in [0.1, 0.15) is 49.3 Å². The van der Waals surface area contributed by atoms with Crippen molar-refractivity contribution in [2.24, 2.45) is 5.73 Å². The van der Waals surface area contributed by atoms with Gasteiger partial charge in [-0.15, -0.1) is 0 Å². The lowest BCUT2D eigenvalue weighted by Crippen LogP contribution is -2.13. The highest BCUT2D eigenvalue weighted by atomic mass is 14.8. The van der Waals surface area contributed by atoms with E-state index < -0.39 is 0 Å². The summed E-state index contributed by atoms with van der Waals surface area (Å²) in [5.41, 5.74) is 7.25. The fraction of sp³-hybridized carbons (Fsp3) is 0.500. The number of pyridine rings is 1. The molecule has 3 N–H and O–H groups in total. The van der Waals surface area contributed by atoms with Crippen LogP contribution < -0.4 is 5.73 Å². The van der Waals surface area contributed by atoms with Crippen molar-refractivity contribution in [3.63, 3.8) is 0 Å². The third-order valence-electron chi connectivity index (χ3n) is 3.14. The van der Waals surface area contributed by atoms with E-state index in [4.69, 9.17) is 11.1 Å². The van der Waals surface area contributed by atoms with Gasteiger partial charge in [0.15, 0.2) is 0 Å². The van der Waals surface area contributed by atoms with E-state index in [9.17, 15) is 0 Å². The van der Waals surface area contributed by atoms with E-state index >= 15 is 0 Å². The van der Waals surface area contributed by atoms with Crippen molar-refractivity contribution in [3.8, 4) is 0 Å². The van der Waals surface area contributed by atoms with Crippen molar-refractivity contribution in [1.82, 2.24) is 4.98 Å². The fourth-order valence-electron chi connectivity index (χ4n) is 2.24. The highest BCUT2D eigenvalue weighted by Gasteiger charge is 2.15. The minimum Gasteiger partial charge on any atom is -0.382 e. The zero-order chi connectivity index (χ0) is 10.7. The minimum absolute atomic E-state index is 0.0465. The smallest absolute Gasteiger partial charge is 0.141 e. The Hall–Kier alpha value is -1.38. The molecule has 3 heteroatoms. The summed E-state index contributed by atoms with van der Waals surface area (Å²) in [5.74, 6) is 0.720. The second kappa shape index (κ2) is 4.43. The molecule has 0 radical (unpaired) electrons. The number of amidine groups is 1. The van der Waals surface area contributed by atoms with Crippen LogP contribution in [0, 0.1) is 5.41 Å². The van der Waals surface area contributed by atoms with Gasteiger partial charge in [-0.2, -0.15) is 0 Å². The van der Waals surface area contributed by atoms with Crippen LogP contribution in [0.2, 0.25) is 0 Å². The quantitative estimate of drug-likeness (QED) is 0.572. The monoisotopic (exact) mass is 203 g/mol. The Kier molecular flexibility index (Phi) is 2.99. The minimum atomic E-state index is 0.0465. The number of hydrogen-bond donors (Lipinski definition) is 2. The van der Waals surface area contributed by atoms with Crippen LogP contribution in [0.5, 0.6) is 0 Å². The second-order valence-electron chi connectivity index (χ2n) is 4.23. The lowest BCUT2D eigenvalue weighted by atomic mass is 9.85. The number of aromatic nitrogens is 1. The average Bonchev–Trinajstić information content (AvgIpc) is 2.30. The van der Waals surface area contributed by atoms with E-state index in [-0.39, 0.29) is 5.84 Å². The number of rotatable bonds is 2. The van der Waals surface area contributed by atoms with E-state index in [0.29, 0.717) is 11.6 Å². The summed E-state index contributed by atoms with van der Waals surface area (Å²) in [5, 5.41) is 7.27. The van der Waals surface area contributed by atoms with Gasteiger partial charge in [-0.25, -0.2) is 0 Å². The zero-order valence-electron chi connectivity index (χ0n) is 8.87. The van der Waals surface area contributed by atoms with Crippen molar-refractivity contribution in [3.05, 3.63) is 29.6 Å². The first-order valence-electron chi connectivity index (χ1n) is 5.58. The first-order valence-corrected chi connectivity index (χ1v) is 5.58. The zero-order valence-corrected chi connectivity index (χ0v) is 8.87. The molecule has 0 unspecified atom stereocenters. The molecule has 0 aromatic carbocycles. The number of nitrogens with one attached hydrogen (secondary N) is 1. The molecule has 1 aliphatic rings. The Morgan fingerprint density at radius 1 is 1.27 bits per heavy atom. The second-order valence-corrected chi connectivity index (χ2v) is 4.23. The fourth-order valence-corrected chi connectivity index (χ4v) is 2.24. The number of nitrogens with zero attached hydrogens (tertiary/aromatic N) is 1. The van der Waals surface area contributed by atoms with Gasteiger partial charge in [-0.3, -0.25) is 10.4 Å². The molecule has 80 valence electrons. The van der Waals surface area contributed by atoms with Crippen molar-refractivity contribution in [2.45, 2.75) is 38.0 Å². The first kappa shape index (κ1) is 10.1. The van der Waals surface area contributed by atoms with Crippen molar-refractivity contribution in [2.75, 3.05) is 0 Å². The summed E-state index contributed by atoms with van der Waals surface area (Å²) in [6, 6.07) is 3.92. The van der Waals surface area contributed by atoms with E-state index in [0.717, 1.165) is 0 Å². The first-order chi connectivity index (χ1) is 7.27. The van der Waals surface area contributed by atoms with Gasteiger partial charge in [0.05, 0.1) is 0 Å². The maximum atomic E-state index is 7.27. The van der Waals surface area contributed by atoms with Crippen LogP contribution in [-0.2, 0) is 0 Å². The molecule has 0 atom stereocenters. The Morgan fingerprint density at radius 3 is 2.53 bits per heavy atom. The molecule has 1 heterocycles. The lowest BCUT2D eigenvalue weighted by molar-refractivity contribution is 0.443. The van der Waals surface area contributed by atoms with Gasteiger partial charge in [0.1, 0.15) is 11.5 Å². The topological polar surface area (TPSA) is 62.8 Å². The van der Waals surface area contributed by atoms with E-state index in [1.807, 2.05) is 12.3 Å². The van der Waals surface area contributed by atoms with Crippen LogP contribution in [0.25, 0.3) is 0 Å². The Balaban J connectivity index is 2.11. The molecule has 0 bridgehead atoms. The maximum Gasteiger partial charge on any atom is 0.141 e. The van der Waals surface area contributed by atoms with Crippen LogP contribution in [-0.4, -0.2) is 10.8 Å². The number of nitrogen functional groups attached to an aromatic ring is 1. The third-order valence-corrected chi connectivity index (χ3v) is 3.14. The molecule has 2 rings (SSSR count). The van der Waals surface area contributed by atoms with Crippen LogP contribution in [0.15, 0.2) is 18.3 Å². The molecular formula is C12H17N3. The third kappa shape index (κ3) is 2.35. The van der Waals surface area contributed by atoms with Crippen molar-refractivity contribution >= 4 is 5.84 Å². The molecule has 0 amide bonds.